The Morgan fingerprint density at radius 3 is 2.72 bits per heavy atom. The molecule has 1 saturated heterocycles. The number of nitrogens with zero attached hydrogens (tertiary/aromatic N) is 3. The van der Waals surface area contributed by atoms with E-state index in [1.165, 1.54) is 16.5 Å². The maximum atomic E-state index is 14.1. The van der Waals surface area contributed by atoms with E-state index in [9.17, 15) is 14.0 Å². The SMILES string of the molecule is CCCC[C@H](CC)C(=O)N1CCN(C(=O)CCN2CCc3sccc3[C@@H]2c2cccc(F)c2)C[C@H]1C. The third-order valence-corrected chi connectivity index (χ3v) is 8.85. The molecule has 1 fully saturated rings. The first-order valence-corrected chi connectivity index (χ1v) is 14.4. The second-order valence-electron chi connectivity index (χ2n) is 10.3. The third-order valence-electron chi connectivity index (χ3n) is 7.85. The zero-order valence-corrected chi connectivity index (χ0v) is 22.7. The molecule has 3 atom stereocenters. The average Bonchev–Trinajstić information content (AvgIpc) is 3.36. The summed E-state index contributed by atoms with van der Waals surface area (Å²) in [6, 6.07) is 9.01. The smallest absolute Gasteiger partial charge is 0.226 e. The molecule has 0 aliphatic carbocycles. The zero-order valence-electron chi connectivity index (χ0n) is 21.9. The molecule has 0 saturated carbocycles. The Hall–Kier alpha value is -2.25. The standard InChI is InChI=1S/C29H40FN3O2S/c1-4-6-8-22(5-2)29(35)33-17-16-32(20-21(33)3)27(34)12-15-31-14-11-26-25(13-18-36-26)28(31)23-9-7-10-24(30)19-23/h7,9-10,13,18-19,21-22,28H,4-6,8,11-12,14-17,20H2,1-3H3/t21-,22+,28+/m1/s1. The Morgan fingerprint density at radius 1 is 1.17 bits per heavy atom. The van der Waals surface area contributed by atoms with E-state index in [0.29, 0.717) is 32.6 Å². The molecule has 196 valence electrons. The second kappa shape index (κ2) is 12.3. The van der Waals surface area contributed by atoms with Gasteiger partial charge in [0.2, 0.25) is 11.8 Å². The number of thiophene rings is 1. The minimum absolute atomic E-state index is 0.0222. The minimum Gasteiger partial charge on any atom is -0.339 e. The molecule has 2 aliphatic heterocycles. The summed E-state index contributed by atoms with van der Waals surface area (Å²) in [5.41, 5.74) is 2.18. The minimum atomic E-state index is -0.229. The topological polar surface area (TPSA) is 43.9 Å². The van der Waals surface area contributed by atoms with Crippen LogP contribution in [0.3, 0.4) is 0 Å². The second-order valence-corrected chi connectivity index (χ2v) is 11.3. The van der Waals surface area contributed by atoms with Crippen molar-refractivity contribution < 1.29 is 14.0 Å². The van der Waals surface area contributed by atoms with Crippen LogP contribution in [0.4, 0.5) is 4.39 Å². The predicted octanol–water partition coefficient (Wildman–Crippen LogP) is 5.50. The normalized spacial score (nSPS) is 21.3. The highest BCUT2D eigenvalue weighted by atomic mass is 32.1. The predicted molar refractivity (Wildman–Crippen MR) is 144 cm³/mol. The molecular weight excluding hydrogens is 473 g/mol. The lowest BCUT2D eigenvalue weighted by molar-refractivity contribution is -0.145. The molecule has 2 aliphatic rings. The summed E-state index contributed by atoms with van der Waals surface area (Å²) in [6.07, 6.45) is 5.40. The number of amides is 2. The van der Waals surface area contributed by atoms with E-state index in [2.05, 4.69) is 37.1 Å². The molecule has 5 nitrogen and oxygen atoms in total. The molecule has 0 radical (unpaired) electrons. The van der Waals surface area contributed by atoms with Crippen molar-refractivity contribution in [3.8, 4) is 0 Å². The Bertz CT molecular complexity index is 1040. The zero-order chi connectivity index (χ0) is 25.7. The quantitative estimate of drug-likeness (QED) is 0.445. The molecule has 0 N–H and O–H groups in total. The van der Waals surface area contributed by atoms with Crippen LogP contribution in [0.1, 0.15) is 74.9 Å². The summed E-state index contributed by atoms with van der Waals surface area (Å²) in [4.78, 5) is 33.9. The Labute approximate surface area is 219 Å². The fourth-order valence-electron chi connectivity index (χ4n) is 5.77. The Morgan fingerprint density at radius 2 is 2.00 bits per heavy atom. The van der Waals surface area contributed by atoms with Crippen LogP contribution in [-0.2, 0) is 16.0 Å². The van der Waals surface area contributed by atoms with Gasteiger partial charge in [-0.3, -0.25) is 14.5 Å². The molecule has 3 heterocycles. The van der Waals surface area contributed by atoms with Crippen molar-refractivity contribution in [1.29, 1.82) is 0 Å². The van der Waals surface area contributed by atoms with Gasteiger partial charge in [-0.15, -0.1) is 11.3 Å². The van der Waals surface area contributed by atoms with Gasteiger partial charge in [0.05, 0.1) is 6.04 Å². The highest BCUT2D eigenvalue weighted by molar-refractivity contribution is 7.10. The lowest BCUT2D eigenvalue weighted by Gasteiger charge is -2.42. The van der Waals surface area contributed by atoms with Crippen LogP contribution in [0.2, 0.25) is 0 Å². The van der Waals surface area contributed by atoms with E-state index in [1.54, 1.807) is 23.5 Å². The van der Waals surface area contributed by atoms with Crippen LogP contribution in [0.25, 0.3) is 0 Å². The molecule has 7 heteroatoms. The number of hydrogen-bond acceptors (Lipinski definition) is 4. The summed E-state index contributed by atoms with van der Waals surface area (Å²) in [7, 11) is 0. The Kier molecular flexibility index (Phi) is 9.18. The number of halogens is 1. The van der Waals surface area contributed by atoms with Crippen LogP contribution in [-0.4, -0.2) is 65.3 Å². The van der Waals surface area contributed by atoms with Crippen LogP contribution in [0.5, 0.6) is 0 Å². The van der Waals surface area contributed by atoms with Crippen LogP contribution >= 0.6 is 11.3 Å². The maximum absolute atomic E-state index is 14.1. The van der Waals surface area contributed by atoms with Gasteiger partial charge in [0.15, 0.2) is 0 Å². The molecule has 2 amide bonds. The van der Waals surface area contributed by atoms with Crippen molar-refractivity contribution in [2.75, 3.05) is 32.7 Å². The highest BCUT2D eigenvalue weighted by Crippen LogP contribution is 2.38. The fourth-order valence-corrected chi connectivity index (χ4v) is 6.68. The molecular formula is C29H40FN3O2S. The number of benzene rings is 1. The molecule has 1 aromatic heterocycles. The van der Waals surface area contributed by atoms with Gasteiger partial charge in [0.25, 0.3) is 0 Å². The summed E-state index contributed by atoms with van der Waals surface area (Å²) in [5.74, 6) is 0.257. The van der Waals surface area contributed by atoms with Gasteiger partial charge < -0.3 is 9.80 Å². The molecule has 0 unspecified atom stereocenters. The van der Waals surface area contributed by atoms with Gasteiger partial charge in [-0.25, -0.2) is 4.39 Å². The fraction of sp³-hybridized carbons (Fsp3) is 0.586. The number of piperazine rings is 1. The largest absolute Gasteiger partial charge is 0.339 e. The first-order valence-electron chi connectivity index (χ1n) is 13.6. The first-order chi connectivity index (χ1) is 17.4. The molecule has 36 heavy (non-hydrogen) atoms. The lowest BCUT2D eigenvalue weighted by Crippen LogP contribution is -2.56. The van der Waals surface area contributed by atoms with Crippen LogP contribution in [0.15, 0.2) is 35.7 Å². The number of fused-ring (bicyclic) bond motifs is 1. The van der Waals surface area contributed by atoms with Gasteiger partial charge >= 0.3 is 0 Å². The Balaban J connectivity index is 1.36. The van der Waals surface area contributed by atoms with E-state index < -0.39 is 0 Å². The summed E-state index contributed by atoms with van der Waals surface area (Å²) < 4.78 is 14.1. The van der Waals surface area contributed by atoms with E-state index in [4.69, 9.17) is 0 Å². The van der Waals surface area contributed by atoms with Crippen molar-refractivity contribution in [3.63, 3.8) is 0 Å². The van der Waals surface area contributed by atoms with Crippen molar-refractivity contribution in [3.05, 3.63) is 57.5 Å². The summed E-state index contributed by atoms with van der Waals surface area (Å²) in [6.45, 7) is 9.62. The molecule has 2 aromatic rings. The molecule has 0 spiro atoms. The van der Waals surface area contributed by atoms with Crippen LogP contribution in [0, 0.1) is 11.7 Å². The molecule has 1 aromatic carbocycles. The first kappa shape index (κ1) is 26.8. The molecule has 4 rings (SSSR count). The highest BCUT2D eigenvalue weighted by Gasteiger charge is 2.34. The summed E-state index contributed by atoms with van der Waals surface area (Å²) in [5, 5.41) is 2.11. The van der Waals surface area contributed by atoms with Crippen molar-refractivity contribution in [2.24, 2.45) is 5.92 Å². The number of rotatable bonds is 9. The van der Waals surface area contributed by atoms with Gasteiger partial charge in [-0.2, -0.15) is 0 Å². The average molecular weight is 514 g/mol. The van der Waals surface area contributed by atoms with Gasteiger partial charge in [0, 0.05) is 56.0 Å². The van der Waals surface area contributed by atoms with E-state index in [1.807, 2.05) is 15.9 Å². The number of unbranched alkanes of at least 4 members (excludes halogenated alkanes) is 1. The van der Waals surface area contributed by atoms with Crippen LogP contribution < -0.4 is 0 Å². The summed E-state index contributed by atoms with van der Waals surface area (Å²) >= 11 is 1.76. The van der Waals surface area contributed by atoms with Gasteiger partial charge in [0.1, 0.15) is 5.82 Å². The monoisotopic (exact) mass is 513 g/mol. The van der Waals surface area contributed by atoms with Crippen molar-refractivity contribution >= 4 is 23.2 Å². The van der Waals surface area contributed by atoms with Crippen molar-refractivity contribution in [2.45, 2.75) is 71.4 Å². The lowest BCUT2D eigenvalue weighted by atomic mass is 9.93. The van der Waals surface area contributed by atoms with Crippen molar-refractivity contribution in [1.82, 2.24) is 14.7 Å². The number of carbonyl (C=O) groups is 2. The number of hydrogen-bond donors (Lipinski definition) is 0. The van der Waals surface area contributed by atoms with Gasteiger partial charge in [-0.1, -0.05) is 38.8 Å². The van der Waals surface area contributed by atoms with Gasteiger partial charge in [-0.05, 0) is 60.9 Å². The number of carbonyl (C=O) groups excluding carboxylic acids is 2. The van der Waals surface area contributed by atoms with E-state index in [-0.39, 0.29) is 35.6 Å². The third kappa shape index (κ3) is 6.00. The van der Waals surface area contributed by atoms with E-state index >= 15 is 0 Å². The van der Waals surface area contributed by atoms with E-state index in [0.717, 1.165) is 44.2 Å². The maximum Gasteiger partial charge on any atom is 0.226 e. The molecule has 0 bridgehead atoms.